The summed E-state index contributed by atoms with van der Waals surface area (Å²) < 4.78 is 0. The molecule has 2 aliphatic rings. The summed E-state index contributed by atoms with van der Waals surface area (Å²) in [6.07, 6.45) is 4.42. The maximum absolute atomic E-state index is 12.0. The lowest BCUT2D eigenvalue weighted by Crippen LogP contribution is -2.19. The molecule has 0 bridgehead atoms. The van der Waals surface area contributed by atoms with Gasteiger partial charge in [-0.1, -0.05) is 30.3 Å². The van der Waals surface area contributed by atoms with Gasteiger partial charge in [0.1, 0.15) is 0 Å². The number of carboxylic acids is 1. The average molecular weight is 320 g/mol. The fourth-order valence-corrected chi connectivity index (χ4v) is 5.90. The minimum absolute atomic E-state index is 0.166. The molecule has 21 heavy (non-hydrogen) atoms. The van der Waals surface area contributed by atoms with Crippen molar-refractivity contribution < 1.29 is 9.90 Å². The fourth-order valence-electron chi connectivity index (χ4n) is 3.17. The van der Waals surface area contributed by atoms with Gasteiger partial charge < -0.3 is 5.11 Å². The van der Waals surface area contributed by atoms with Crippen LogP contribution in [0.25, 0.3) is 5.57 Å². The van der Waals surface area contributed by atoms with Crippen molar-refractivity contribution in [2.45, 2.75) is 36.2 Å². The highest BCUT2D eigenvalue weighted by Gasteiger charge is 2.33. The van der Waals surface area contributed by atoms with E-state index in [0.29, 0.717) is 10.8 Å². The van der Waals surface area contributed by atoms with E-state index in [9.17, 15) is 9.90 Å². The van der Waals surface area contributed by atoms with Crippen LogP contribution < -0.4 is 0 Å². The van der Waals surface area contributed by atoms with Crippen molar-refractivity contribution in [3.8, 4) is 0 Å². The summed E-state index contributed by atoms with van der Waals surface area (Å²) in [6.45, 7) is 0. The van der Waals surface area contributed by atoms with Crippen molar-refractivity contribution in [2.24, 2.45) is 0 Å². The van der Waals surface area contributed by atoms with Crippen molar-refractivity contribution in [1.82, 2.24) is 0 Å². The van der Waals surface area contributed by atoms with Gasteiger partial charge in [-0.05, 0) is 48.3 Å². The molecule has 2 heterocycles. The molecule has 2 unspecified atom stereocenters. The Hall–Kier alpha value is -0.870. The van der Waals surface area contributed by atoms with Crippen molar-refractivity contribution in [3.05, 3.63) is 41.5 Å². The highest BCUT2D eigenvalue weighted by atomic mass is 32.2. The van der Waals surface area contributed by atoms with Crippen LogP contribution in [0.4, 0.5) is 0 Å². The molecular formula is C17H20O2S2. The Morgan fingerprint density at radius 3 is 2.14 bits per heavy atom. The first-order chi connectivity index (χ1) is 10.3. The first kappa shape index (κ1) is 15.0. The summed E-state index contributed by atoms with van der Waals surface area (Å²) in [5.74, 6) is 1.51. The highest BCUT2D eigenvalue weighted by Crippen LogP contribution is 2.43. The largest absolute Gasteiger partial charge is 0.478 e. The summed E-state index contributed by atoms with van der Waals surface area (Å²) in [5, 5.41) is 10.4. The van der Waals surface area contributed by atoms with Crippen LogP contribution in [-0.2, 0) is 4.79 Å². The van der Waals surface area contributed by atoms with Crippen LogP contribution in [0.5, 0.6) is 0 Å². The molecule has 0 amide bonds. The van der Waals surface area contributed by atoms with E-state index < -0.39 is 5.97 Å². The van der Waals surface area contributed by atoms with Gasteiger partial charge in [0.05, 0.1) is 5.57 Å². The lowest BCUT2D eigenvalue weighted by molar-refractivity contribution is -0.132. The van der Waals surface area contributed by atoms with Crippen molar-refractivity contribution >= 4 is 35.1 Å². The molecule has 2 saturated heterocycles. The van der Waals surface area contributed by atoms with Crippen LogP contribution >= 0.6 is 23.5 Å². The number of rotatable bonds is 4. The third-order valence-corrected chi connectivity index (χ3v) is 6.90. The first-order valence-corrected chi connectivity index (χ1v) is 9.63. The maximum atomic E-state index is 12.0. The molecule has 2 nitrogen and oxygen atoms in total. The topological polar surface area (TPSA) is 37.3 Å². The summed E-state index contributed by atoms with van der Waals surface area (Å²) in [4.78, 5) is 12.0. The Morgan fingerprint density at radius 2 is 1.62 bits per heavy atom. The monoisotopic (exact) mass is 320 g/mol. The van der Waals surface area contributed by atoms with Gasteiger partial charge in [0, 0.05) is 10.5 Å². The smallest absolute Gasteiger partial charge is 0.333 e. The van der Waals surface area contributed by atoms with E-state index >= 15 is 0 Å². The van der Waals surface area contributed by atoms with Crippen molar-refractivity contribution in [1.29, 1.82) is 0 Å². The van der Waals surface area contributed by atoms with Crippen LogP contribution in [0.15, 0.2) is 35.9 Å². The van der Waals surface area contributed by atoms with Crippen molar-refractivity contribution in [3.63, 3.8) is 0 Å². The second-order valence-electron chi connectivity index (χ2n) is 5.50. The molecule has 4 heteroatoms. The molecule has 112 valence electrons. The lowest BCUT2D eigenvalue weighted by atomic mass is 9.92. The molecule has 0 radical (unpaired) electrons. The standard InChI is InChI=1S/C17H20O2S2/c18-17(19)16(14-9-5-11-21-14)15(13-8-4-10-20-13)12-6-2-1-3-7-12/h1-3,6-7,13-14H,4-5,8-11H2,(H,18,19)/b16-15-. The predicted octanol–water partition coefficient (Wildman–Crippen LogP) is 4.32. The summed E-state index contributed by atoms with van der Waals surface area (Å²) in [6, 6.07) is 10.1. The van der Waals surface area contributed by atoms with E-state index in [2.05, 4.69) is 12.1 Å². The second kappa shape index (κ2) is 6.93. The Morgan fingerprint density at radius 1 is 1.00 bits per heavy atom. The number of hydrogen-bond acceptors (Lipinski definition) is 3. The lowest BCUT2D eigenvalue weighted by Gasteiger charge is -2.21. The molecule has 0 spiro atoms. The predicted molar refractivity (Wildman–Crippen MR) is 92.0 cm³/mol. The zero-order chi connectivity index (χ0) is 14.7. The van der Waals surface area contributed by atoms with Gasteiger partial charge >= 0.3 is 5.97 Å². The SMILES string of the molecule is O=C(O)/C(=C(/c1ccccc1)C1CCCS1)C1CCCS1. The molecule has 3 rings (SSSR count). The van der Waals surface area contributed by atoms with E-state index in [-0.39, 0.29) is 5.25 Å². The number of thioether (sulfide) groups is 2. The molecule has 1 N–H and O–H groups in total. The van der Waals surface area contributed by atoms with Gasteiger partial charge in [0.2, 0.25) is 0 Å². The summed E-state index contributed by atoms with van der Waals surface area (Å²) >= 11 is 3.73. The van der Waals surface area contributed by atoms with E-state index in [4.69, 9.17) is 0 Å². The van der Waals surface area contributed by atoms with Crippen LogP contribution in [0.3, 0.4) is 0 Å². The van der Waals surface area contributed by atoms with Gasteiger partial charge in [-0.25, -0.2) is 4.79 Å². The third-order valence-electron chi connectivity index (χ3n) is 4.11. The van der Waals surface area contributed by atoms with Gasteiger partial charge in [0.15, 0.2) is 0 Å². The van der Waals surface area contributed by atoms with Crippen LogP contribution in [0.2, 0.25) is 0 Å². The zero-order valence-corrected chi connectivity index (χ0v) is 13.6. The molecule has 0 aliphatic carbocycles. The highest BCUT2D eigenvalue weighted by molar-refractivity contribution is 8.00. The molecule has 2 atom stereocenters. The molecule has 2 fully saturated rings. The number of carbonyl (C=O) groups is 1. The van der Waals surface area contributed by atoms with Gasteiger partial charge in [-0.15, -0.1) is 0 Å². The van der Waals surface area contributed by atoms with E-state index in [1.54, 1.807) is 0 Å². The Labute approximate surface area is 134 Å². The number of benzene rings is 1. The summed E-state index contributed by atoms with van der Waals surface area (Å²) in [5.41, 5.74) is 2.86. The van der Waals surface area contributed by atoms with Gasteiger partial charge in [-0.3, -0.25) is 0 Å². The Bertz CT molecular complexity index is 527. The van der Waals surface area contributed by atoms with Crippen LogP contribution in [0, 0.1) is 0 Å². The molecule has 2 aliphatic heterocycles. The molecule has 0 aromatic heterocycles. The minimum Gasteiger partial charge on any atom is -0.478 e. The molecule has 1 aromatic rings. The zero-order valence-electron chi connectivity index (χ0n) is 12.0. The Kier molecular flexibility index (Phi) is 4.96. The van der Waals surface area contributed by atoms with Gasteiger partial charge in [-0.2, -0.15) is 23.5 Å². The quantitative estimate of drug-likeness (QED) is 0.839. The number of carboxylic acid groups (broad SMARTS) is 1. The molecule has 0 saturated carbocycles. The van der Waals surface area contributed by atoms with E-state index in [0.717, 1.165) is 41.9 Å². The minimum atomic E-state index is -0.722. The fraction of sp³-hybridized carbons (Fsp3) is 0.471. The van der Waals surface area contributed by atoms with E-state index in [1.807, 2.05) is 41.7 Å². The van der Waals surface area contributed by atoms with Gasteiger partial charge in [0.25, 0.3) is 0 Å². The van der Waals surface area contributed by atoms with Crippen LogP contribution in [-0.4, -0.2) is 33.1 Å². The molecule has 1 aromatic carbocycles. The average Bonchev–Trinajstić information content (AvgIpc) is 3.18. The second-order valence-corrected chi connectivity index (χ2v) is 8.12. The number of aliphatic carboxylic acids is 1. The Balaban J connectivity index is 2.09. The van der Waals surface area contributed by atoms with Crippen LogP contribution in [0.1, 0.15) is 31.2 Å². The number of hydrogen-bond donors (Lipinski definition) is 1. The maximum Gasteiger partial charge on any atom is 0.333 e. The first-order valence-electron chi connectivity index (χ1n) is 7.53. The molecular weight excluding hydrogens is 300 g/mol. The summed E-state index contributed by atoms with van der Waals surface area (Å²) in [7, 11) is 0. The normalized spacial score (nSPS) is 26.7. The third kappa shape index (κ3) is 3.32. The van der Waals surface area contributed by atoms with E-state index in [1.165, 1.54) is 6.42 Å². The van der Waals surface area contributed by atoms with Crippen molar-refractivity contribution in [2.75, 3.05) is 11.5 Å².